The van der Waals surface area contributed by atoms with Gasteiger partial charge in [-0.3, -0.25) is 4.90 Å². The van der Waals surface area contributed by atoms with Crippen LogP contribution in [0.1, 0.15) is 20.3 Å². The zero-order valence-electron chi connectivity index (χ0n) is 9.25. The van der Waals surface area contributed by atoms with Crippen molar-refractivity contribution in [3.8, 4) is 0 Å². The summed E-state index contributed by atoms with van der Waals surface area (Å²) in [5.41, 5.74) is 0. The minimum Gasteiger partial charge on any atom is -0.412 e. The molecule has 0 radical (unpaired) electrons. The molecule has 4 N–H and O–H groups in total. The van der Waals surface area contributed by atoms with Crippen molar-refractivity contribution in [3.05, 3.63) is 0 Å². The molecule has 0 amide bonds. The Kier molecular flexibility index (Phi) is 22.0. The van der Waals surface area contributed by atoms with Crippen LogP contribution in [0.15, 0.2) is 0 Å². The Balaban J connectivity index is -0.000000284. The summed E-state index contributed by atoms with van der Waals surface area (Å²) >= 11 is 4.16. The number of hydrogen-bond donors (Lipinski definition) is 1. The van der Waals surface area contributed by atoms with Gasteiger partial charge in [-0.2, -0.15) is 12.6 Å². The number of rotatable bonds is 3. The van der Waals surface area contributed by atoms with E-state index in [9.17, 15) is 0 Å². The van der Waals surface area contributed by atoms with E-state index in [4.69, 9.17) is 4.74 Å². The zero-order chi connectivity index (χ0) is 9.23. The van der Waals surface area contributed by atoms with Gasteiger partial charge in [-0.05, 0) is 18.7 Å². The molecule has 1 rings (SSSR count). The van der Waals surface area contributed by atoms with Gasteiger partial charge in [-0.25, -0.2) is 0 Å². The van der Waals surface area contributed by atoms with Crippen LogP contribution in [0.2, 0.25) is 0 Å². The molecule has 90 valence electrons. The van der Waals surface area contributed by atoms with Gasteiger partial charge in [0.2, 0.25) is 0 Å². The first kappa shape index (κ1) is 19.7. The van der Waals surface area contributed by atoms with E-state index in [0.717, 1.165) is 32.1 Å². The summed E-state index contributed by atoms with van der Waals surface area (Å²) < 4.78 is 5.22. The molecule has 0 bridgehead atoms. The SMILES string of the molecule is CC.O.O.SCCCN1CCOCC1. The van der Waals surface area contributed by atoms with Crippen LogP contribution in [0.4, 0.5) is 0 Å². The molecule has 0 aromatic heterocycles. The van der Waals surface area contributed by atoms with E-state index in [2.05, 4.69) is 17.5 Å². The van der Waals surface area contributed by atoms with E-state index < -0.39 is 0 Å². The van der Waals surface area contributed by atoms with Gasteiger partial charge in [-0.1, -0.05) is 13.8 Å². The van der Waals surface area contributed by atoms with Gasteiger partial charge in [0.05, 0.1) is 13.2 Å². The van der Waals surface area contributed by atoms with Crippen molar-refractivity contribution in [3.63, 3.8) is 0 Å². The number of morpholine rings is 1. The fourth-order valence-corrected chi connectivity index (χ4v) is 1.26. The molecule has 1 aliphatic heterocycles. The Hall–Kier alpha value is 0.190. The zero-order valence-corrected chi connectivity index (χ0v) is 10.1. The second-order valence-corrected chi connectivity index (χ2v) is 2.98. The van der Waals surface area contributed by atoms with E-state index in [0.29, 0.717) is 0 Å². The topological polar surface area (TPSA) is 75.5 Å². The molecule has 0 aromatic rings. The fourth-order valence-electron chi connectivity index (χ4n) is 1.12. The standard InChI is InChI=1S/C7H15NOS.C2H6.2H2O/c10-7-1-2-8-3-5-9-6-4-8;1-2;;/h10H,1-7H2;1-2H3;2*1H2. The minimum atomic E-state index is 0. The van der Waals surface area contributed by atoms with E-state index in [1.54, 1.807) is 0 Å². The van der Waals surface area contributed by atoms with E-state index in [1.165, 1.54) is 13.0 Å². The summed E-state index contributed by atoms with van der Waals surface area (Å²) in [7, 11) is 0. The summed E-state index contributed by atoms with van der Waals surface area (Å²) in [6.45, 7) is 9.22. The third-order valence-electron chi connectivity index (χ3n) is 1.74. The first-order valence-electron chi connectivity index (χ1n) is 4.84. The number of hydrogen-bond acceptors (Lipinski definition) is 3. The van der Waals surface area contributed by atoms with Crippen molar-refractivity contribution in [1.29, 1.82) is 0 Å². The van der Waals surface area contributed by atoms with Crippen molar-refractivity contribution in [2.75, 3.05) is 38.6 Å². The first-order chi connectivity index (χ1) is 5.93. The lowest BCUT2D eigenvalue weighted by atomic mass is 10.4. The van der Waals surface area contributed by atoms with E-state index >= 15 is 0 Å². The second-order valence-electron chi connectivity index (χ2n) is 2.53. The Bertz CT molecular complexity index is 90.1. The summed E-state index contributed by atoms with van der Waals surface area (Å²) in [4.78, 5) is 2.43. The lowest BCUT2D eigenvalue weighted by Crippen LogP contribution is -2.36. The van der Waals surface area contributed by atoms with Gasteiger partial charge in [-0.15, -0.1) is 0 Å². The minimum absolute atomic E-state index is 0. The molecule has 1 aliphatic rings. The maximum atomic E-state index is 5.22. The molecule has 1 fully saturated rings. The fraction of sp³-hybridized carbons (Fsp3) is 1.00. The van der Waals surface area contributed by atoms with Crippen LogP contribution >= 0.6 is 12.6 Å². The monoisotopic (exact) mass is 227 g/mol. The van der Waals surface area contributed by atoms with Crippen molar-refractivity contribution in [1.82, 2.24) is 4.90 Å². The predicted molar refractivity (Wildman–Crippen MR) is 64.3 cm³/mol. The van der Waals surface area contributed by atoms with Gasteiger partial charge in [0, 0.05) is 13.1 Å². The third-order valence-corrected chi connectivity index (χ3v) is 2.05. The molecule has 0 saturated carbocycles. The molecule has 0 aromatic carbocycles. The van der Waals surface area contributed by atoms with Crippen molar-refractivity contribution in [2.24, 2.45) is 0 Å². The quantitative estimate of drug-likeness (QED) is 0.690. The first-order valence-corrected chi connectivity index (χ1v) is 5.47. The van der Waals surface area contributed by atoms with Crippen LogP contribution in [0.3, 0.4) is 0 Å². The highest BCUT2D eigenvalue weighted by molar-refractivity contribution is 7.80. The van der Waals surface area contributed by atoms with Gasteiger partial charge >= 0.3 is 0 Å². The number of thiol groups is 1. The highest BCUT2D eigenvalue weighted by Crippen LogP contribution is 1.97. The summed E-state index contributed by atoms with van der Waals surface area (Å²) in [6, 6.07) is 0. The van der Waals surface area contributed by atoms with Crippen LogP contribution < -0.4 is 0 Å². The third kappa shape index (κ3) is 10.3. The molecule has 5 heteroatoms. The van der Waals surface area contributed by atoms with Crippen LogP contribution in [-0.4, -0.2) is 54.5 Å². The molecule has 0 atom stereocenters. The van der Waals surface area contributed by atoms with Crippen LogP contribution in [0, 0.1) is 0 Å². The van der Waals surface area contributed by atoms with Crippen molar-refractivity contribution < 1.29 is 15.7 Å². The van der Waals surface area contributed by atoms with Crippen molar-refractivity contribution in [2.45, 2.75) is 20.3 Å². The maximum Gasteiger partial charge on any atom is 0.0594 e. The van der Waals surface area contributed by atoms with Gasteiger partial charge in [0.15, 0.2) is 0 Å². The molecule has 0 unspecified atom stereocenters. The van der Waals surface area contributed by atoms with Gasteiger partial charge in [0.25, 0.3) is 0 Å². The van der Waals surface area contributed by atoms with Crippen LogP contribution in [0.25, 0.3) is 0 Å². The Morgan fingerprint density at radius 1 is 1.14 bits per heavy atom. The predicted octanol–water partition coefficient (Wildman–Crippen LogP) is 0.0153. The van der Waals surface area contributed by atoms with Crippen molar-refractivity contribution >= 4 is 12.6 Å². The summed E-state index contributed by atoms with van der Waals surface area (Å²) in [5, 5.41) is 0. The molecular weight excluding hydrogens is 202 g/mol. The maximum absolute atomic E-state index is 5.22. The molecule has 1 saturated heterocycles. The highest BCUT2D eigenvalue weighted by atomic mass is 32.1. The lowest BCUT2D eigenvalue weighted by Gasteiger charge is -2.26. The average Bonchev–Trinajstić information content (AvgIpc) is 2.19. The number of ether oxygens (including phenoxy) is 1. The van der Waals surface area contributed by atoms with E-state index in [1.807, 2.05) is 13.8 Å². The van der Waals surface area contributed by atoms with Gasteiger partial charge < -0.3 is 15.7 Å². The Labute approximate surface area is 92.6 Å². The van der Waals surface area contributed by atoms with Crippen LogP contribution in [-0.2, 0) is 4.74 Å². The van der Waals surface area contributed by atoms with Crippen LogP contribution in [0.5, 0.6) is 0 Å². The lowest BCUT2D eigenvalue weighted by molar-refractivity contribution is 0.0381. The average molecular weight is 227 g/mol. The highest BCUT2D eigenvalue weighted by Gasteiger charge is 2.08. The second kappa shape index (κ2) is 15.7. The molecule has 1 heterocycles. The largest absolute Gasteiger partial charge is 0.412 e. The molecular formula is C9H25NO3S. The Morgan fingerprint density at radius 3 is 2.07 bits per heavy atom. The molecule has 0 spiro atoms. The summed E-state index contributed by atoms with van der Waals surface area (Å²) in [5.74, 6) is 0.997. The summed E-state index contributed by atoms with van der Waals surface area (Å²) in [6.07, 6.45) is 1.20. The van der Waals surface area contributed by atoms with E-state index in [-0.39, 0.29) is 11.0 Å². The molecule has 4 nitrogen and oxygen atoms in total. The normalized spacial score (nSPS) is 15.6. The van der Waals surface area contributed by atoms with Gasteiger partial charge in [0.1, 0.15) is 0 Å². The number of nitrogens with zero attached hydrogens (tertiary/aromatic N) is 1. The smallest absolute Gasteiger partial charge is 0.0594 e. The molecule has 0 aliphatic carbocycles. The Morgan fingerprint density at radius 2 is 1.64 bits per heavy atom. The molecule has 14 heavy (non-hydrogen) atoms.